The smallest absolute Gasteiger partial charge is 0.256 e. The number of rotatable bonds is 2. The fourth-order valence-electron chi connectivity index (χ4n) is 2.29. The summed E-state index contributed by atoms with van der Waals surface area (Å²) in [6.07, 6.45) is 1.72. The van der Waals surface area contributed by atoms with Crippen LogP contribution in [0, 0.1) is 5.82 Å². The maximum Gasteiger partial charge on any atom is 0.256 e. The fourth-order valence-corrected chi connectivity index (χ4v) is 2.47. The molecule has 104 valence electrons. The molecule has 1 N–H and O–H groups in total. The largest absolute Gasteiger partial charge is 0.338 e. The summed E-state index contributed by atoms with van der Waals surface area (Å²) in [7, 11) is 1.92. The Morgan fingerprint density at radius 2 is 2.05 bits per heavy atom. The van der Waals surface area contributed by atoms with Crippen LogP contribution in [0.2, 0.25) is 5.02 Å². The van der Waals surface area contributed by atoms with Crippen LogP contribution in [0.5, 0.6) is 0 Å². The van der Waals surface area contributed by atoms with Crippen LogP contribution < -0.4 is 5.32 Å². The van der Waals surface area contributed by atoms with E-state index in [-0.39, 0.29) is 22.0 Å². The van der Waals surface area contributed by atoms with Crippen LogP contribution in [-0.2, 0) is 0 Å². The van der Waals surface area contributed by atoms with E-state index in [0.717, 1.165) is 12.8 Å². The van der Waals surface area contributed by atoms with Crippen molar-refractivity contribution in [2.75, 3.05) is 20.1 Å². The van der Waals surface area contributed by atoms with Crippen molar-refractivity contribution >= 4 is 17.5 Å². The average Bonchev–Trinajstić information content (AvgIpc) is 2.42. The van der Waals surface area contributed by atoms with E-state index in [1.807, 2.05) is 7.05 Å². The van der Waals surface area contributed by atoms with E-state index in [0.29, 0.717) is 13.1 Å². The van der Waals surface area contributed by atoms with Crippen molar-refractivity contribution in [2.24, 2.45) is 0 Å². The first kappa shape index (κ1) is 14.3. The first-order valence-electron chi connectivity index (χ1n) is 6.39. The Labute approximate surface area is 117 Å². The van der Waals surface area contributed by atoms with E-state index in [1.165, 1.54) is 12.1 Å². The predicted molar refractivity (Wildman–Crippen MR) is 74.0 cm³/mol. The fraction of sp³-hybridized carbons (Fsp3) is 0.500. The first-order valence-corrected chi connectivity index (χ1v) is 6.77. The SMILES string of the molecule is CNC1(C)CCN(C(=O)c2cccc(Cl)c2F)CC1. The molecule has 0 radical (unpaired) electrons. The maximum absolute atomic E-state index is 13.8. The van der Waals surface area contributed by atoms with Gasteiger partial charge in [0.25, 0.3) is 5.91 Å². The number of benzene rings is 1. The van der Waals surface area contributed by atoms with Crippen molar-refractivity contribution in [1.82, 2.24) is 10.2 Å². The molecule has 0 bridgehead atoms. The molecule has 1 aliphatic heterocycles. The number of nitrogens with one attached hydrogen (secondary N) is 1. The second-order valence-corrected chi connectivity index (χ2v) is 5.61. The molecule has 0 saturated carbocycles. The number of amides is 1. The van der Waals surface area contributed by atoms with E-state index in [1.54, 1.807) is 11.0 Å². The third-order valence-electron chi connectivity index (χ3n) is 3.94. The Bertz CT molecular complexity index is 484. The third-order valence-corrected chi connectivity index (χ3v) is 4.23. The molecule has 1 saturated heterocycles. The molecule has 1 fully saturated rings. The molecule has 1 amide bonds. The molecule has 0 aliphatic carbocycles. The summed E-state index contributed by atoms with van der Waals surface area (Å²) in [6.45, 7) is 3.39. The summed E-state index contributed by atoms with van der Waals surface area (Å²) in [4.78, 5) is 14.0. The summed E-state index contributed by atoms with van der Waals surface area (Å²) in [6, 6.07) is 4.53. The molecule has 1 aromatic rings. The second-order valence-electron chi connectivity index (χ2n) is 5.20. The Morgan fingerprint density at radius 3 is 2.63 bits per heavy atom. The van der Waals surface area contributed by atoms with Crippen LogP contribution >= 0.6 is 11.6 Å². The Balaban J connectivity index is 2.12. The van der Waals surface area contributed by atoms with E-state index in [2.05, 4.69) is 12.2 Å². The maximum atomic E-state index is 13.8. The summed E-state index contributed by atoms with van der Waals surface area (Å²) in [5.74, 6) is -0.908. The van der Waals surface area contributed by atoms with Gasteiger partial charge in [0.1, 0.15) is 0 Å². The van der Waals surface area contributed by atoms with Gasteiger partial charge in [0.05, 0.1) is 10.6 Å². The van der Waals surface area contributed by atoms with Crippen molar-refractivity contribution in [3.63, 3.8) is 0 Å². The summed E-state index contributed by atoms with van der Waals surface area (Å²) < 4.78 is 13.8. The van der Waals surface area contributed by atoms with Crippen LogP contribution in [0.25, 0.3) is 0 Å². The van der Waals surface area contributed by atoms with Crippen molar-refractivity contribution in [2.45, 2.75) is 25.3 Å². The number of halogens is 2. The molecule has 1 heterocycles. The minimum absolute atomic E-state index is 0.0112. The monoisotopic (exact) mass is 284 g/mol. The molecule has 2 rings (SSSR count). The van der Waals surface area contributed by atoms with Crippen molar-refractivity contribution in [1.29, 1.82) is 0 Å². The van der Waals surface area contributed by atoms with Gasteiger partial charge in [-0.05, 0) is 38.9 Å². The molecule has 5 heteroatoms. The molecule has 1 aromatic carbocycles. The van der Waals surface area contributed by atoms with Crippen molar-refractivity contribution in [3.8, 4) is 0 Å². The van der Waals surface area contributed by atoms with Gasteiger partial charge in [-0.3, -0.25) is 4.79 Å². The zero-order valence-electron chi connectivity index (χ0n) is 11.2. The van der Waals surface area contributed by atoms with Gasteiger partial charge in [-0.25, -0.2) is 4.39 Å². The Kier molecular flexibility index (Phi) is 4.11. The van der Waals surface area contributed by atoms with E-state index in [9.17, 15) is 9.18 Å². The van der Waals surface area contributed by atoms with Crippen molar-refractivity contribution < 1.29 is 9.18 Å². The van der Waals surface area contributed by atoms with E-state index < -0.39 is 5.82 Å². The molecule has 3 nitrogen and oxygen atoms in total. The number of carbonyl (C=O) groups is 1. The Hall–Kier alpha value is -1.13. The lowest BCUT2D eigenvalue weighted by atomic mass is 9.89. The predicted octanol–water partition coefficient (Wildman–Crippen LogP) is 2.69. The molecule has 0 spiro atoms. The average molecular weight is 285 g/mol. The van der Waals surface area contributed by atoms with Gasteiger partial charge < -0.3 is 10.2 Å². The summed E-state index contributed by atoms with van der Waals surface area (Å²) >= 11 is 5.71. The number of nitrogens with zero attached hydrogens (tertiary/aromatic N) is 1. The number of likely N-dealkylation sites (tertiary alicyclic amines) is 1. The molecular weight excluding hydrogens is 267 g/mol. The lowest BCUT2D eigenvalue weighted by molar-refractivity contribution is 0.0657. The first-order chi connectivity index (χ1) is 8.97. The highest BCUT2D eigenvalue weighted by atomic mass is 35.5. The van der Waals surface area contributed by atoms with Crippen LogP contribution in [0.1, 0.15) is 30.1 Å². The second kappa shape index (κ2) is 5.47. The van der Waals surface area contributed by atoms with Gasteiger partial charge in [-0.15, -0.1) is 0 Å². The highest BCUT2D eigenvalue weighted by Crippen LogP contribution is 2.24. The van der Waals surface area contributed by atoms with E-state index in [4.69, 9.17) is 11.6 Å². The quantitative estimate of drug-likeness (QED) is 0.906. The van der Waals surface area contributed by atoms with Gasteiger partial charge >= 0.3 is 0 Å². The van der Waals surface area contributed by atoms with E-state index >= 15 is 0 Å². The van der Waals surface area contributed by atoms with Gasteiger partial charge in [0.15, 0.2) is 5.82 Å². The van der Waals surface area contributed by atoms with Crippen LogP contribution in [-0.4, -0.2) is 36.5 Å². The summed E-state index contributed by atoms with van der Waals surface area (Å²) in [5, 5.41) is 3.26. The lowest BCUT2D eigenvalue weighted by Gasteiger charge is -2.39. The Morgan fingerprint density at radius 1 is 1.42 bits per heavy atom. The molecule has 0 atom stereocenters. The normalized spacial score (nSPS) is 18.4. The standard InChI is InChI=1S/C14H18ClFN2O/c1-14(17-2)6-8-18(9-7-14)13(19)10-4-3-5-11(15)12(10)16/h3-5,17H,6-9H2,1-2H3. The molecular formula is C14H18ClFN2O. The molecule has 0 aromatic heterocycles. The lowest BCUT2D eigenvalue weighted by Crippen LogP contribution is -2.51. The van der Waals surface area contributed by atoms with Gasteiger partial charge in [-0.1, -0.05) is 17.7 Å². The number of hydrogen-bond donors (Lipinski definition) is 1. The van der Waals surface area contributed by atoms with Gasteiger partial charge in [-0.2, -0.15) is 0 Å². The van der Waals surface area contributed by atoms with Gasteiger partial charge in [0, 0.05) is 18.6 Å². The van der Waals surface area contributed by atoms with Crippen LogP contribution in [0.4, 0.5) is 4.39 Å². The zero-order valence-corrected chi connectivity index (χ0v) is 11.9. The van der Waals surface area contributed by atoms with Crippen LogP contribution in [0.3, 0.4) is 0 Å². The molecule has 0 unspecified atom stereocenters. The zero-order chi connectivity index (χ0) is 14.0. The van der Waals surface area contributed by atoms with Crippen molar-refractivity contribution in [3.05, 3.63) is 34.6 Å². The van der Waals surface area contributed by atoms with Crippen LogP contribution in [0.15, 0.2) is 18.2 Å². The third kappa shape index (κ3) is 2.90. The molecule has 19 heavy (non-hydrogen) atoms. The minimum atomic E-state index is -0.629. The number of hydrogen-bond acceptors (Lipinski definition) is 2. The topological polar surface area (TPSA) is 32.3 Å². The number of carbonyl (C=O) groups excluding carboxylic acids is 1. The van der Waals surface area contributed by atoms with Gasteiger partial charge in [0.2, 0.25) is 0 Å². The summed E-state index contributed by atoms with van der Waals surface area (Å²) in [5.41, 5.74) is 0.115. The highest BCUT2D eigenvalue weighted by Gasteiger charge is 2.31. The minimum Gasteiger partial charge on any atom is -0.338 e. The highest BCUT2D eigenvalue weighted by molar-refractivity contribution is 6.31. The number of piperidine rings is 1. The molecule has 1 aliphatic rings.